The van der Waals surface area contributed by atoms with Gasteiger partial charge in [0.1, 0.15) is 0 Å². The molecule has 0 spiro atoms. The molecule has 1 N–H and O–H groups in total. The van der Waals surface area contributed by atoms with E-state index >= 15 is 0 Å². The van der Waals surface area contributed by atoms with Gasteiger partial charge in [-0.3, -0.25) is 4.90 Å². The Kier molecular flexibility index (Phi) is 5.49. The summed E-state index contributed by atoms with van der Waals surface area (Å²) in [5, 5.41) is 3.50. The fourth-order valence-electron chi connectivity index (χ4n) is 3.06. The number of rotatable bonds is 5. The predicted octanol–water partition coefficient (Wildman–Crippen LogP) is 3.32. The van der Waals surface area contributed by atoms with E-state index in [9.17, 15) is 8.78 Å². The summed E-state index contributed by atoms with van der Waals surface area (Å²) in [5.74, 6) is -1.53. The van der Waals surface area contributed by atoms with Crippen molar-refractivity contribution in [2.75, 3.05) is 13.6 Å². The fraction of sp³-hybridized carbons (Fsp3) is 0.625. The summed E-state index contributed by atoms with van der Waals surface area (Å²) in [7, 11) is 2.07. The highest BCUT2D eigenvalue weighted by Crippen LogP contribution is 2.23. The number of hydrogen-bond acceptors (Lipinski definition) is 2. The molecular formula is C16H24F2N2. The fourth-order valence-corrected chi connectivity index (χ4v) is 3.06. The van der Waals surface area contributed by atoms with Crippen molar-refractivity contribution >= 4 is 0 Å². The van der Waals surface area contributed by atoms with Gasteiger partial charge in [-0.1, -0.05) is 13.0 Å². The first-order chi connectivity index (χ1) is 9.60. The van der Waals surface area contributed by atoms with E-state index in [1.165, 1.54) is 25.0 Å². The van der Waals surface area contributed by atoms with E-state index in [1.54, 1.807) is 6.07 Å². The topological polar surface area (TPSA) is 15.3 Å². The molecule has 0 saturated heterocycles. The second-order valence-electron chi connectivity index (χ2n) is 5.73. The Morgan fingerprint density at radius 3 is 2.45 bits per heavy atom. The van der Waals surface area contributed by atoms with Gasteiger partial charge in [0.25, 0.3) is 0 Å². The van der Waals surface area contributed by atoms with Gasteiger partial charge in [-0.05, 0) is 57.0 Å². The van der Waals surface area contributed by atoms with E-state index in [1.807, 2.05) is 0 Å². The van der Waals surface area contributed by atoms with Gasteiger partial charge < -0.3 is 5.32 Å². The highest BCUT2D eigenvalue weighted by atomic mass is 19.2. The minimum atomic E-state index is -0.775. The maximum atomic E-state index is 13.2. The maximum absolute atomic E-state index is 13.2. The summed E-state index contributed by atoms with van der Waals surface area (Å²) >= 11 is 0. The molecule has 1 fully saturated rings. The van der Waals surface area contributed by atoms with Crippen molar-refractivity contribution in [3.8, 4) is 0 Å². The van der Waals surface area contributed by atoms with Gasteiger partial charge in [0.05, 0.1) is 0 Å². The molecule has 0 aliphatic heterocycles. The van der Waals surface area contributed by atoms with Gasteiger partial charge >= 0.3 is 0 Å². The first kappa shape index (κ1) is 15.4. The second-order valence-corrected chi connectivity index (χ2v) is 5.73. The molecule has 1 aliphatic rings. The van der Waals surface area contributed by atoms with Crippen molar-refractivity contribution in [2.45, 2.75) is 51.2 Å². The van der Waals surface area contributed by atoms with Crippen LogP contribution >= 0.6 is 0 Å². The third-order valence-corrected chi connectivity index (χ3v) is 4.23. The van der Waals surface area contributed by atoms with Crippen molar-refractivity contribution < 1.29 is 8.78 Å². The lowest BCUT2D eigenvalue weighted by Crippen LogP contribution is -2.40. The predicted molar refractivity (Wildman–Crippen MR) is 77.5 cm³/mol. The first-order valence-electron chi connectivity index (χ1n) is 7.47. The first-order valence-corrected chi connectivity index (χ1v) is 7.47. The van der Waals surface area contributed by atoms with Gasteiger partial charge in [-0.2, -0.15) is 0 Å². The van der Waals surface area contributed by atoms with Crippen LogP contribution in [0.4, 0.5) is 8.78 Å². The number of hydrogen-bond donors (Lipinski definition) is 1. The quantitative estimate of drug-likeness (QED) is 0.891. The van der Waals surface area contributed by atoms with Crippen LogP contribution in [0.5, 0.6) is 0 Å². The molecule has 0 amide bonds. The maximum Gasteiger partial charge on any atom is 0.159 e. The Morgan fingerprint density at radius 2 is 1.85 bits per heavy atom. The lowest BCUT2D eigenvalue weighted by Gasteiger charge is -2.35. The number of halogens is 2. The van der Waals surface area contributed by atoms with Crippen LogP contribution in [0.25, 0.3) is 0 Å². The van der Waals surface area contributed by atoms with Gasteiger partial charge in [0, 0.05) is 18.6 Å². The summed E-state index contributed by atoms with van der Waals surface area (Å²) in [6.07, 6.45) is 4.72. The SMILES string of the molecule is CCNC1CCC(N(C)Cc2ccc(F)c(F)c2)CC1. The molecule has 112 valence electrons. The summed E-state index contributed by atoms with van der Waals surface area (Å²) < 4.78 is 26.1. The van der Waals surface area contributed by atoms with Crippen LogP contribution in [-0.2, 0) is 6.54 Å². The standard InChI is InChI=1S/C16H24F2N2/c1-3-19-13-5-7-14(8-6-13)20(2)11-12-4-9-15(17)16(18)10-12/h4,9-10,13-14,19H,3,5-8,11H2,1-2H3. The lowest BCUT2D eigenvalue weighted by atomic mass is 9.90. The largest absolute Gasteiger partial charge is 0.314 e. The van der Waals surface area contributed by atoms with Crippen molar-refractivity contribution in [3.63, 3.8) is 0 Å². The zero-order valence-electron chi connectivity index (χ0n) is 12.3. The number of nitrogens with zero attached hydrogens (tertiary/aromatic N) is 1. The van der Waals surface area contributed by atoms with Crippen molar-refractivity contribution in [1.29, 1.82) is 0 Å². The van der Waals surface area contributed by atoms with Crippen LogP contribution in [0, 0.1) is 11.6 Å². The lowest BCUT2D eigenvalue weighted by molar-refractivity contribution is 0.168. The van der Waals surface area contributed by atoms with E-state index in [0.717, 1.165) is 24.9 Å². The summed E-state index contributed by atoms with van der Waals surface area (Å²) in [5.41, 5.74) is 0.834. The number of benzene rings is 1. The van der Waals surface area contributed by atoms with Gasteiger partial charge in [-0.15, -0.1) is 0 Å². The smallest absolute Gasteiger partial charge is 0.159 e. The zero-order chi connectivity index (χ0) is 14.5. The van der Waals surface area contributed by atoms with Gasteiger partial charge in [0.2, 0.25) is 0 Å². The molecular weight excluding hydrogens is 258 g/mol. The van der Waals surface area contributed by atoms with Crippen molar-refractivity contribution in [1.82, 2.24) is 10.2 Å². The molecule has 20 heavy (non-hydrogen) atoms. The third-order valence-electron chi connectivity index (χ3n) is 4.23. The van der Waals surface area contributed by atoms with Crippen LogP contribution in [0.3, 0.4) is 0 Å². The zero-order valence-corrected chi connectivity index (χ0v) is 12.3. The van der Waals surface area contributed by atoms with Crippen LogP contribution in [0.15, 0.2) is 18.2 Å². The Labute approximate surface area is 120 Å². The third kappa shape index (κ3) is 4.00. The molecule has 2 rings (SSSR count). The minimum Gasteiger partial charge on any atom is -0.314 e. The Balaban J connectivity index is 1.86. The Morgan fingerprint density at radius 1 is 1.15 bits per heavy atom. The molecule has 1 saturated carbocycles. The average molecular weight is 282 g/mol. The number of nitrogens with one attached hydrogen (secondary N) is 1. The van der Waals surface area contributed by atoms with E-state index in [-0.39, 0.29) is 0 Å². The summed E-state index contributed by atoms with van der Waals surface area (Å²) in [4.78, 5) is 2.26. The molecule has 0 bridgehead atoms. The molecule has 2 nitrogen and oxygen atoms in total. The van der Waals surface area contributed by atoms with E-state index in [2.05, 4.69) is 24.2 Å². The van der Waals surface area contributed by atoms with Crippen LogP contribution in [0.1, 0.15) is 38.2 Å². The van der Waals surface area contributed by atoms with Crippen molar-refractivity contribution in [3.05, 3.63) is 35.4 Å². The molecule has 1 aromatic rings. The van der Waals surface area contributed by atoms with Gasteiger partial charge in [-0.25, -0.2) is 8.78 Å². The van der Waals surface area contributed by atoms with E-state index in [0.29, 0.717) is 18.6 Å². The minimum absolute atomic E-state index is 0.540. The second kappa shape index (κ2) is 7.14. The molecule has 4 heteroatoms. The molecule has 0 aromatic heterocycles. The molecule has 1 aliphatic carbocycles. The molecule has 0 radical (unpaired) electrons. The highest BCUT2D eigenvalue weighted by molar-refractivity contribution is 5.17. The van der Waals surface area contributed by atoms with Crippen LogP contribution in [0.2, 0.25) is 0 Å². The van der Waals surface area contributed by atoms with Crippen LogP contribution in [-0.4, -0.2) is 30.6 Å². The summed E-state index contributed by atoms with van der Waals surface area (Å²) in [6, 6.07) is 5.36. The average Bonchev–Trinajstić information content (AvgIpc) is 2.44. The van der Waals surface area contributed by atoms with Crippen LogP contribution < -0.4 is 5.32 Å². The normalized spacial score (nSPS) is 23.2. The molecule has 0 unspecified atom stereocenters. The molecule has 0 heterocycles. The molecule has 0 atom stereocenters. The van der Waals surface area contributed by atoms with E-state index in [4.69, 9.17) is 0 Å². The Hall–Kier alpha value is -1.00. The van der Waals surface area contributed by atoms with E-state index < -0.39 is 11.6 Å². The monoisotopic (exact) mass is 282 g/mol. The summed E-state index contributed by atoms with van der Waals surface area (Å²) in [6.45, 7) is 3.84. The highest BCUT2D eigenvalue weighted by Gasteiger charge is 2.23. The van der Waals surface area contributed by atoms with Crippen molar-refractivity contribution in [2.24, 2.45) is 0 Å². The molecule has 1 aromatic carbocycles. The van der Waals surface area contributed by atoms with Gasteiger partial charge in [0.15, 0.2) is 11.6 Å². The Bertz CT molecular complexity index is 428.